The van der Waals surface area contributed by atoms with Crippen molar-refractivity contribution in [2.45, 2.75) is 32.0 Å². The Morgan fingerprint density at radius 3 is 2.59 bits per heavy atom. The number of benzene rings is 1. The monoisotopic (exact) mass is 380 g/mol. The molecule has 0 unspecified atom stereocenters. The first-order valence-electron chi connectivity index (χ1n) is 8.83. The molecule has 1 aromatic carbocycles. The predicted molar refractivity (Wildman–Crippen MR) is 97.9 cm³/mol. The van der Waals surface area contributed by atoms with Crippen molar-refractivity contribution in [1.82, 2.24) is 15.1 Å². The summed E-state index contributed by atoms with van der Waals surface area (Å²) >= 11 is 0. The van der Waals surface area contributed by atoms with Crippen LogP contribution in [0.5, 0.6) is 5.75 Å². The Hall–Kier alpha value is -2.35. The van der Waals surface area contributed by atoms with Crippen molar-refractivity contribution < 1.29 is 17.9 Å². The van der Waals surface area contributed by atoms with Crippen LogP contribution in [0.3, 0.4) is 0 Å². The van der Waals surface area contributed by atoms with Crippen molar-refractivity contribution in [1.29, 1.82) is 0 Å². The van der Waals surface area contributed by atoms with Crippen molar-refractivity contribution in [3.05, 3.63) is 35.4 Å². The van der Waals surface area contributed by atoms with Gasteiger partial charge in [-0.15, -0.1) is 10.2 Å². The summed E-state index contributed by atoms with van der Waals surface area (Å²) in [6, 6.07) is 5.96. The van der Waals surface area contributed by atoms with E-state index in [0.29, 0.717) is 28.7 Å². The van der Waals surface area contributed by atoms with Crippen LogP contribution in [0.25, 0.3) is 11.3 Å². The van der Waals surface area contributed by atoms with E-state index >= 15 is 0 Å². The second-order valence-corrected chi connectivity index (χ2v) is 6.92. The van der Waals surface area contributed by atoms with Crippen LogP contribution in [0.1, 0.15) is 24.0 Å². The van der Waals surface area contributed by atoms with Crippen LogP contribution in [-0.4, -0.2) is 48.4 Å². The minimum Gasteiger partial charge on any atom is -0.496 e. The normalized spacial score (nSPS) is 18.4. The zero-order valence-corrected chi connectivity index (χ0v) is 15.6. The van der Waals surface area contributed by atoms with Gasteiger partial charge in [-0.25, -0.2) is 0 Å². The molecule has 0 bridgehead atoms. The lowest BCUT2D eigenvalue weighted by Gasteiger charge is -2.30. The molecule has 0 saturated carbocycles. The van der Waals surface area contributed by atoms with E-state index in [0.717, 1.165) is 38.1 Å². The molecule has 5 nitrogen and oxygen atoms in total. The molecule has 1 saturated heterocycles. The molecule has 1 aliphatic heterocycles. The molecule has 3 rings (SSSR count). The average molecular weight is 380 g/mol. The summed E-state index contributed by atoms with van der Waals surface area (Å²) in [6.45, 7) is 3.64. The number of nitrogens with one attached hydrogen (secondary N) is 1. The highest BCUT2D eigenvalue weighted by molar-refractivity contribution is 5.72. The molecule has 1 aliphatic rings. The number of hydrogen-bond donors (Lipinski definition) is 1. The number of aromatic nitrogens is 2. The molecule has 1 aromatic heterocycles. The van der Waals surface area contributed by atoms with E-state index in [1.165, 1.54) is 7.11 Å². The first kappa shape index (κ1) is 19.4. The van der Waals surface area contributed by atoms with Gasteiger partial charge in [-0.2, -0.15) is 13.2 Å². The lowest BCUT2D eigenvalue weighted by atomic mass is 10.0. The number of likely N-dealkylation sites (tertiary alicyclic amines) is 1. The van der Waals surface area contributed by atoms with Gasteiger partial charge >= 0.3 is 6.18 Å². The number of halogens is 3. The summed E-state index contributed by atoms with van der Waals surface area (Å²) in [7, 11) is 3.43. The predicted octanol–water partition coefficient (Wildman–Crippen LogP) is 3.99. The van der Waals surface area contributed by atoms with Gasteiger partial charge in [0.25, 0.3) is 0 Å². The van der Waals surface area contributed by atoms with Crippen LogP contribution in [-0.2, 0) is 6.18 Å². The van der Waals surface area contributed by atoms with Crippen molar-refractivity contribution in [2.75, 3.05) is 32.6 Å². The average Bonchev–Trinajstić information content (AvgIpc) is 2.61. The Morgan fingerprint density at radius 1 is 1.22 bits per heavy atom. The molecule has 1 N–H and O–H groups in total. The Bertz CT molecular complexity index is 793. The van der Waals surface area contributed by atoms with Crippen molar-refractivity contribution in [2.24, 2.45) is 0 Å². The lowest BCUT2D eigenvalue weighted by molar-refractivity contribution is -0.137. The summed E-state index contributed by atoms with van der Waals surface area (Å²) in [4.78, 5) is 2.26. The van der Waals surface area contributed by atoms with Crippen LogP contribution in [0.4, 0.5) is 19.0 Å². The fraction of sp³-hybridized carbons (Fsp3) is 0.474. The summed E-state index contributed by atoms with van der Waals surface area (Å²) in [5.74, 6) is 0.786. The number of likely N-dealkylation sites (N-methyl/N-ethyl adjacent to an activating group) is 1. The molecule has 27 heavy (non-hydrogen) atoms. The molecule has 0 radical (unpaired) electrons. The standard InChI is InChI=1S/C19H23F3N4O/c1-12-9-13(19(20,21)22)10-16(27-3)18(12)15-6-7-17(25-24-15)23-14-5-4-8-26(2)11-14/h6-7,9-10,14H,4-5,8,11H2,1-3H3,(H,23,25)/t14-/m1/s1. The smallest absolute Gasteiger partial charge is 0.416 e. The highest BCUT2D eigenvalue weighted by Gasteiger charge is 2.32. The minimum atomic E-state index is -4.43. The fourth-order valence-electron chi connectivity index (χ4n) is 3.44. The van der Waals surface area contributed by atoms with Crippen molar-refractivity contribution >= 4 is 5.82 Å². The molecular weight excluding hydrogens is 357 g/mol. The summed E-state index contributed by atoms with van der Waals surface area (Å²) < 4.78 is 44.3. The topological polar surface area (TPSA) is 50.3 Å². The molecule has 0 amide bonds. The summed E-state index contributed by atoms with van der Waals surface area (Å²) in [5.41, 5.74) is 0.685. The van der Waals surface area contributed by atoms with Crippen LogP contribution < -0.4 is 10.1 Å². The summed E-state index contributed by atoms with van der Waals surface area (Å²) in [5, 5.41) is 11.8. The molecule has 0 spiro atoms. The number of rotatable bonds is 4. The second kappa shape index (κ2) is 7.72. The van der Waals surface area contributed by atoms with Gasteiger partial charge in [0.05, 0.1) is 18.4 Å². The van der Waals surface area contributed by atoms with Crippen molar-refractivity contribution in [3.8, 4) is 17.0 Å². The van der Waals surface area contributed by atoms with Gasteiger partial charge in [0, 0.05) is 18.2 Å². The van der Waals surface area contributed by atoms with E-state index in [4.69, 9.17) is 4.74 Å². The molecule has 2 aromatic rings. The van der Waals surface area contributed by atoms with Gasteiger partial charge < -0.3 is 15.0 Å². The van der Waals surface area contributed by atoms with Crippen LogP contribution >= 0.6 is 0 Å². The number of methoxy groups -OCH3 is 1. The number of aryl methyl sites for hydroxylation is 1. The second-order valence-electron chi connectivity index (χ2n) is 6.92. The highest BCUT2D eigenvalue weighted by Crippen LogP contribution is 2.38. The summed E-state index contributed by atoms with van der Waals surface area (Å²) in [6.07, 6.45) is -2.23. The molecule has 8 heteroatoms. The third-order valence-corrected chi connectivity index (χ3v) is 4.74. The first-order chi connectivity index (χ1) is 12.8. The molecule has 146 valence electrons. The number of anilines is 1. The quantitative estimate of drug-likeness (QED) is 0.869. The molecule has 0 aliphatic carbocycles. The van der Waals surface area contributed by atoms with Gasteiger partial charge in [-0.3, -0.25) is 0 Å². The van der Waals surface area contributed by atoms with Crippen molar-refractivity contribution in [3.63, 3.8) is 0 Å². The molecule has 1 atom stereocenters. The van der Waals surface area contributed by atoms with Gasteiger partial charge in [0.2, 0.25) is 0 Å². The Balaban J connectivity index is 1.84. The lowest BCUT2D eigenvalue weighted by Crippen LogP contribution is -2.39. The number of ether oxygens (including phenoxy) is 1. The SMILES string of the molecule is COc1cc(C(F)(F)F)cc(C)c1-c1ccc(N[C@@H]2CCCN(C)C2)nn1. The zero-order chi connectivity index (χ0) is 19.6. The van der Waals surface area contributed by atoms with Gasteiger partial charge in [0.15, 0.2) is 0 Å². The van der Waals surface area contributed by atoms with Crippen LogP contribution in [0.15, 0.2) is 24.3 Å². The van der Waals surface area contributed by atoms with E-state index < -0.39 is 11.7 Å². The van der Waals surface area contributed by atoms with Gasteiger partial charge in [0.1, 0.15) is 11.6 Å². The van der Waals surface area contributed by atoms with Gasteiger partial charge in [-0.05, 0) is 63.2 Å². The largest absolute Gasteiger partial charge is 0.496 e. The maximum absolute atomic E-state index is 13.0. The van der Waals surface area contributed by atoms with E-state index in [-0.39, 0.29) is 5.75 Å². The Labute approximate surface area is 156 Å². The van der Waals surface area contributed by atoms with Crippen LogP contribution in [0, 0.1) is 6.92 Å². The third kappa shape index (κ3) is 4.50. The first-order valence-corrected chi connectivity index (χ1v) is 8.83. The van der Waals surface area contributed by atoms with E-state index in [1.54, 1.807) is 19.1 Å². The molecular formula is C19H23F3N4O. The third-order valence-electron chi connectivity index (χ3n) is 4.74. The van der Waals surface area contributed by atoms with E-state index in [1.807, 2.05) is 0 Å². The molecule has 1 fully saturated rings. The Morgan fingerprint density at radius 2 is 2.00 bits per heavy atom. The highest BCUT2D eigenvalue weighted by atomic mass is 19.4. The van der Waals surface area contributed by atoms with E-state index in [2.05, 4.69) is 27.5 Å². The molecule has 2 heterocycles. The number of hydrogen-bond acceptors (Lipinski definition) is 5. The fourth-order valence-corrected chi connectivity index (χ4v) is 3.44. The number of piperidine rings is 1. The number of alkyl halides is 3. The zero-order valence-electron chi connectivity index (χ0n) is 15.6. The van der Waals surface area contributed by atoms with Crippen LogP contribution in [0.2, 0.25) is 0 Å². The van der Waals surface area contributed by atoms with Gasteiger partial charge in [-0.1, -0.05) is 0 Å². The number of nitrogens with zero attached hydrogens (tertiary/aromatic N) is 3. The maximum atomic E-state index is 13.0. The van der Waals surface area contributed by atoms with E-state index in [9.17, 15) is 13.2 Å². The minimum absolute atomic E-state index is 0.131. The Kier molecular flexibility index (Phi) is 5.55. The maximum Gasteiger partial charge on any atom is 0.416 e.